The van der Waals surface area contributed by atoms with Crippen LogP contribution in [-0.4, -0.2) is 75.4 Å². The van der Waals surface area contributed by atoms with Crippen molar-refractivity contribution in [3.05, 3.63) is 40.1 Å². The maximum atomic E-state index is 13.1. The molecule has 2 N–H and O–H groups in total. The zero-order valence-corrected chi connectivity index (χ0v) is 20.4. The fourth-order valence-corrected chi connectivity index (χ4v) is 4.63. The van der Waals surface area contributed by atoms with Crippen molar-refractivity contribution in [1.82, 2.24) is 25.1 Å². The third kappa shape index (κ3) is 5.61. The topological polar surface area (TPSA) is 116 Å². The van der Waals surface area contributed by atoms with Crippen molar-refractivity contribution in [2.24, 2.45) is 5.92 Å². The number of likely N-dealkylation sites (tertiary alicyclic amines) is 1. The fraction of sp³-hybridized carbons (Fsp3) is 0.609. The number of piperidine rings is 1. The summed E-state index contributed by atoms with van der Waals surface area (Å²) in [7, 11) is 0. The minimum atomic E-state index is -4.47. The highest BCUT2D eigenvalue weighted by atomic mass is 19.4. The molecule has 2 aromatic rings. The van der Waals surface area contributed by atoms with Gasteiger partial charge < -0.3 is 19.9 Å². The van der Waals surface area contributed by atoms with Crippen molar-refractivity contribution in [3.8, 4) is 0 Å². The number of hydrogen-bond acceptors (Lipinski definition) is 8. The number of carbonyl (C=O) groups excluding carboxylic acids is 1. The van der Waals surface area contributed by atoms with Crippen molar-refractivity contribution < 1.29 is 22.7 Å². The summed E-state index contributed by atoms with van der Waals surface area (Å²) in [6.07, 6.45) is -0.548. The van der Waals surface area contributed by atoms with Crippen LogP contribution in [0.3, 0.4) is 0 Å². The average Bonchev–Trinajstić information content (AvgIpc) is 3.13. The van der Waals surface area contributed by atoms with Crippen molar-refractivity contribution in [3.63, 3.8) is 0 Å². The molecule has 1 amide bonds. The van der Waals surface area contributed by atoms with Crippen LogP contribution < -0.4 is 15.8 Å². The molecule has 2 aromatic heterocycles. The van der Waals surface area contributed by atoms with Gasteiger partial charge in [-0.1, -0.05) is 6.92 Å². The molecule has 2 aliphatic rings. The van der Waals surface area contributed by atoms with E-state index in [2.05, 4.69) is 25.5 Å². The quantitative estimate of drug-likeness (QED) is 0.584. The molecule has 0 unspecified atom stereocenters. The van der Waals surface area contributed by atoms with Crippen molar-refractivity contribution in [2.75, 3.05) is 36.5 Å². The van der Waals surface area contributed by atoms with E-state index in [1.807, 2.05) is 23.6 Å². The molecule has 10 nitrogen and oxygen atoms in total. The lowest BCUT2D eigenvalue weighted by atomic mass is 10.0. The Morgan fingerprint density at radius 1 is 1.19 bits per heavy atom. The Balaban J connectivity index is 1.28. The first kappa shape index (κ1) is 25.9. The predicted molar refractivity (Wildman–Crippen MR) is 126 cm³/mol. The van der Waals surface area contributed by atoms with Crippen LogP contribution in [0.1, 0.15) is 37.8 Å². The maximum absolute atomic E-state index is 13.1. The van der Waals surface area contributed by atoms with E-state index in [4.69, 9.17) is 4.74 Å². The van der Waals surface area contributed by atoms with Crippen LogP contribution in [0.4, 0.5) is 24.8 Å². The Bertz CT molecular complexity index is 1120. The van der Waals surface area contributed by atoms with Gasteiger partial charge in [0.25, 0.3) is 11.5 Å². The van der Waals surface area contributed by atoms with Gasteiger partial charge in [0.05, 0.1) is 24.1 Å². The van der Waals surface area contributed by atoms with E-state index in [-0.39, 0.29) is 42.0 Å². The number of rotatable bonds is 7. The molecule has 2 aliphatic heterocycles. The monoisotopic (exact) mass is 509 g/mol. The Morgan fingerprint density at radius 2 is 1.86 bits per heavy atom. The number of H-pyrrole nitrogens is 1. The summed E-state index contributed by atoms with van der Waals surface area (Å²) in [5.41, 5.74) is 0.00398. The van der Waals surface area contributed by atoms with Crippen LogP contribution in [0, 0.1) is 12.8 Å². The first-order valence-corrected chi connectivity index (χ1v) is 11.9. The standard InChI is InChI=1S/C23H30F3N7O3/c1-13-11-33(17-4-6-32(7-5-17)22-27-8-16(9-28-22)23(24,25)26)21(35)19(13)36-12-14(2)30-18-10-29-31-20(34)15(18)3/h8-10,13-14,17,19H,4-7,11-12H2,1-3H3,(H2,30,31,34)/t13-,14+,19+/m1/s1. The normalized spacial score (nSPS) is 22.2. The smallest absolute Gasteiger partial charge is 0.379 e. The van der Waals surface area contributed by atoms with Crippen LogP contribution in [0.2, 0.25) is 0 Å². The summed E-state index contributed by atoms with van der Waals surface area (Å²) >= 11 is 0. The van der Waals surface area contributed by atoms with Gasteiger partial charge in [-0.3, -0.25) is 9.59 Å². The number of aromatic amines is 1. The summed E-state index contributed by atoms with van der Waals surface area (Å²) in [5.74, 6) is 0.230. The number of carbonyl (C=O) groups is 1. The molecule has 0 aromatic carbocycles. The minimum absolute atomic E-state index is 0.0175. The minimum Gasteiger partial charge on any atom is -0.379 e. The number of aromatic nitrogens is 4. The number of ether oxygens (including phenoxy) is 1. The zero-order chi connectivity index (χ0) is 26.0. The lowest BCUT2D eigenvalue weighted by molar-refractivity contribution is -0.140. The van der Waals surface area contributed by atoms with Crippen LogP contribution >= 0.6 is 0 Å². The molecule has 0 saturated carbocycles. The fourth-order valence-electron chi connectivity index (χ4n) is 4.63. The molecule has 196 valence electrons. The van der Waals surface area contributed by atoms with Gasteiger partial charge >= 0.3 is 6.18 Å². The predicted octanol–water partition coefficient (Wildman–Crippen LogP) is 2.22. The van der Waals surface area contributed by atoms with Gasteiger partial charge in [-0.15, -0.1) is 0 Å². The second kappa shape index (κ2) is 10.4. The Kier molecular flexibility index (Phi) is 7.48. The van der Waals surface area contributed by atoms with E-state index in [9.17, 15) is 22.8 Å². The van der Waals surface area contributed by atoms with Crippen LogP contribution in [-0.2, 0) is 15.7 Å². The Hall–Kier alpha value is -3.22. The van der Waals surface area contributed by atoms with Gasteiger partial charge in [0.1, 0.15) is 6.10 Å². The summed E-state index contributed by atoms with van der Waals surface area (Å²) in [4.78, 5) is 36.3. The molecule has 0 bridgehead atoms. The average molecular weight is 510 g/mol. The van der Waals surface area contributed by atoms with Gasteiger partial charge in [0.15, 0.2) is 0 Å². The Labute approximate surface area is 206 Å². The van der Waals surface area contributed by atoms with E-state index >= 15 is 0 Å². The number of hydrogen-bond donors (Lipinski definition) is 2. The van der Waals surface area contributed by atoms with E-state index in [0.29, 0.717) is 43.7 Å². The van der Waals surface area contributed by atoms with Gasteiger partial charge in [-0.2, -0.15) is 18.3 Å². The Morgan fingerprint density at radius 3 is 2.50 bits per heavy atom. The number of alkyl halides is 3. The highest BCUT2D eigenvalue weighted by Gasteiger charge is 2.42. The number of nitrogens with one attached hydrogen (secondary N) is 2. The van der Waals surface area contributed by atoms with Gasteiger partial charge in [0, 0.05) is 55.6 Å². The molecule has 2 saturated heterocycles. The van der Waals surface area contributed by atoms with Crippen molar-refractivity contribution in [2.45, 2.75) is 58.0 Å². The summed E-state index contributed by atoms with van der Waals surface area (Å²) in [6.45, 7) is 7.55. The molecule has 4 rings (SSSR count). The van der Waals surface area contributed by atoms with E-state index in [0.717, 1.165) is 12.4 Å². The van der Waals surface area contributed by atoms with Crippen LogP contribution in [0.25, 0.3) is 0 Å². The highest BCUT2D eigenvalue weighted by Crippen LogP contribution is 2.30. The molecule has 0 spiro atoms. The number of nitrogens with zero attached hydrogens (tertiary/aromatic N) is 5. The lowest BCUT2D eigenvalue weighted by Crippen LogP contribution is -2.47. The number of halogens is 3. The van der Waals surface area contributed by atoms with Crippen molar-refractivity contribution in [1.29, 1.82) is 0 Å². The van der Waals surface area contributed by atoms with Crippen molar-refractivity contribution >= 4 is 17.5 Å². The maximum Gasteiger partial charge on any atom is 0.419 e. The lowest BCUT2D eigenvalue weighted by Gasteiger charge is -2.36. The molecule has 3 atom stereocenters. The molecular formula is C23H30F3N7O3. The molecule has 0 aliphatic carbocycles. The molecule has 13 heteroatoms. The zero-order valence-electron chi connectivity index (χ0n) is 20.4. The van der Waals surface area contributed by atoms with E-state index < -0.39 is 17.8 Å². The summed E-state index contributed by atoms with van der Waals surface area (Å²) < 4.78 is 44.3. The SMILES string of the molecule is Cc1c(N[C@@H](C)CO[C@@H]2C(=O)N(C3CCN(c4ncc(C(F)(F)F)cn4)CC3)C[C@H]2C)cn[nH]c1=O. The largest absolute Gasteiger partial charge is 0.419 e. The third-order valence-corrected chi connectivity index (χ3v) is 6.71. The van der Waals surface area contributed by atoms with Crippen LogP contribution in [0.15, 0.2) is 23.4 Å². The molecule has 36 heavy (non-hydrogen) atoms. The van der Waals surface area contributed by atoms with E-state index in [1.165, 1.54) is 0 Å². The molecule has 4 heterocycles. The van der Waals surface area contributed by atoms with Gasteiger partial charge in [-0.05, 0) is 26.7 Å². The summed E-state index contributed by atoms with van der Waals surface area (Å²) in [5, 5.41) is 9.38. The van der Waals surface area contributed by atoms with E-state index in [1.54, 1.807) is 13.1 Å². The molecular weight excluding hydrogens is 479 g/mol. The first-order chi connectivity index (χ1) is 17.0. The van der Waals surface area contributed by atoms with Crippen LogP contribution in [0.5, 0.6) is 0 Å². The molecule has 0 radical (unpaired) electrons. The number of anilines is 2. The third-order valence-electron chi connectivity index (χ3n) is 6.71. The summed E-state index contributed by atoms with van der Waals surface area (Å²) in [6, 6.07) is -0.118. The van der Waals surface area contributed by atoms with Gasteiger partial charge in [0.2, 0.25) is 5.95 Å². The first-order valence-electron chi connectivity index (χ1n) is 11.9. The second-order valence-electron chi connectivity index (χ2n) is 9.49. The number of amides is 1. The highest BCUT2D eigenvalue weighted by molar-refractivity contribution is 5.84. The second-order valence-corrected chi connectivity index (χ2v) is 9.49. The van der Waals surface area contributed by atoms with Gasteiger partial charge in [-0.25, -0.2) is 15.1 Å². The molecule has 2 fully saturated rings.